The van der Waals surface area contributed by atoms with Gasteiger partial charge in [0, 0.05) is 24.2 Å². The van der Waals surface area contributed by atoms with Gasteiger partial charge in [-0.15, -0.1) is 0 Å². The van der Waals surface area contributed by atoms with Crippen LogP contribution in [0.5, 0.6) is 0 Å². The molecule has 25 heavy (non-hydrogen) atoms. The van der Waals surface area contributed by atoms with Crippen LogP contribution in [0.3, 0.4) is 0 Å². The van der Waals surface area contributed by atoms with Gasteiger partial charge in [0.25, 0.3) is 0 Å². The third-order valence-corrected chi connectivity index (χ3v) is 4.08. The summed E-state index contributed by atoms with van der Waals surface area (Å²) in [6, 6.07) is 11.5. The molecular formula is C19H18ClFN2O2. The van der Waals surface area contributed by atoms with Crippen molar-refractivity contribution in [3.63, 3.8) is 0 Å². The van der Waals surface area contributed by atoms with Gasteiger partial charge in [0.15, 0.2) is 0 Å². The molecule has 1 N–H and O–H groups in total. The minimum atomic E-state index is -0.341. The molecule has 6 heteroatoms. The molecule has 2 aromatic carbocycles. The summed E-state index contributed by atoms with van der Waals surface area (Å²) in [6.07, 6.45) is 2.94. The molecule has 0 aromatic heterocycles. The van der Waals surface area contributed by atoms with E-state index >= 15 is 0 Å². The highest BCUT2D eigenvalue weighted by Gasteiger charge is 2.16. The van der Waals surface area contributed by atoms with Gasteiger partial charge in [-0.1, -0.05) is 23.7 Å². The molecule has 130 valence electrons. The SMILES string of the molecule is O=C(/C=C/c1cccc(F)c1)Nc1cc(Cl)ccc1N1CCOCC1. The average Bonchev–Trinajstić information content (AvgIpc) is 2.61. The quantitative estimate of drug-likeness (QED) is 0.839. The Labute approximate surface area is 150 Å². The molecule has 0 atom stereocenters. The Hall–Kier alpha value is -2.37. The van der Waals surface area contributed by atoms with E-state index < -0.39 is 0 Å². The van der Waals surface area contributed by atoms with Crippen LogP contribution in [0.2, 0.25) is 5.02 Å². The highest BCUT2D eigenvalue weighted by atomic mass is 35.5. The lowest BCUT2D eigenvalue weighted by molar-refractivity contribution is -0.111. The van der Waals surface area contributed by atoms with Crippen molar-refractivity contribution < 1.29 is 13.9 Å². The summed E-state index contributed by atoms with van der Waals surface area (Å²) in [5.74, 6) is -0.645. The van der Waals surface area contributed by atoms with Crippen molar-refractivity contribution in [2.24, 2.45) is 0 Å². The summed E-state index contributed by atoms with van der Waals surface area (Å²) in [5, 5.41) is 3.39. The molecule has 1 aliphatic heterocycles. The number of rotatable bonds is 4. The van der Waals surface area contributed by atoms with Crippen molar-refractivity contribution in [3.8, 4) is 0 Å². The molecule has 1 fully saturated rings. The van der Waals surface area contributed by atoms with Crippen LogP contribution in [0.1, 0.15) is 5.56 Å². The number of anilines is 2. The second-order valence-corrected chi connectivity index (χ2v) is 6.07. The number of nitrogens with one attached hydrogen (secondary N) is 1. The number of hydrogen-bond donors (Lipinski definition) is 1. The van der Waals surface area contributed by atoms with Crippen molar-refractivity contribution in [1.29, 1.82) is 0 Å². The van der Waals surface area contributed by atoms with Gasteiger partial charge in [0.05, 0.1) is 24.6 Å². The van der Waals surface area contributed by atoms with E-state index in [1.807, 2.05) is 6.07 Å². The first-order valence-electron chi connectivity index (χ1n) is 7.99. The molecular weight excluding hydrogens is 343 g/mol. The van der Waals surface area contributed by atoms with E-state index in [4.69, 9.17) is 16.3 Å². The van der Waals surface area contributed by atoms with Crippen LogP contribution in [0.25, 0.3) is 6.08 Å². The van der Waals surface area contributed by atoms with E-state index in [-0.39, 0.29) is 11.7 Å². The highest BCUT2D eigenvalue weighted by molar-refractivity contribution is 6.31. The van der Waals surface area contributed by atoms with Crippen LogP contribution in [-0.2, 0) is 9.53 Å². The Kier molecular flexibility index (Phi) is 5.68. The third kappa shape index (κ3) is 4.81. The molecule has 2 aromatic rings. The van der Waals surface area contributed by atoms with E-state index in [0.717, 1.165) is 18.8 Å². The van der Waals surface area contributed by atoms with Crippen molar-refractivity contribution in [3.05, 3.63) is 64.9 Å². The third-order valence-electron chi connectivity index (χ3n) is 3.84. The maximum Gasteiger partial charge on any atom is 0.248 e. The fourth-order valence-corrected chi connectivity index (χ4v) is 2.82. The number of amides is 1. The maximum absolute atomic E-state index is 13.2. The minimum absolute atomic E-state index is 0.305. The molecule has 0 spiro atoms. The Morgan fingerprint density at radius 1 is 1.20 bits per heavy atom. The lowest BCUT2D eigenvalue weighted by Gasteiger charge is -2.30. The molecule has 1 aliphatic rings. The molecule has 0 aliphatic carbocycles. The van der Waals surface area contributed by atoms with E-state index in [2.05, 4.69) is 10.2 Å². The topological polar surface area (TPSA) is 41.6 Å². The van der Waals surface area contributed by atoms with E-state index in [1.165, 1.54) is 18.2 Å². The van der Waals surface area contributed by atoms with Gasteiger partial charge in [-0.25, -0.2) is 4.39 Å². The predicted molar refractivity (Wildman–Crippen MR) is 98.5 cm³/mol. The van der Waals surface area contributed by atoms with E-state index in [9.17, 15) is 9.18 Å². The molecule has 0 unspecified atom stereocenters. The number of carbonyl (C=O) groups excluding carboxylic acids is 1. The van der Waals surface area contributed by atoms with Gasteiger partial charge in [-0.2, -0.15) is 0 Å². The summed E-state index contributed by atoms with van der Waals surface area (Å²) < 4.78 is 18.5. The number of hydrogen-bond acceptors (Lipinski definition) is 3. The average molecular weight is 361 g/mol. The zero-order valence-electron chi connectivity index (χ0n) is 13.5. The summed E-state index contributed by atoms with van der Waals surface area (Å²) in [5.41, 5.74) is 2.16. The number of ether oxygens (including phenoxy) is 1. The maximum atomic E-state index is 13.2. The second kappa shape index (κ2) is 8.14. The van der Waals surface area contributed by atoms with Crippen molar-refractivity contribution in [2.45, 2.75) is 0 Å². The molecule has 4 nitrogen and oxygen atoms in total. The molecule has 0 bridgehead atoms. The van der Waals surface area contributed by atoms with Crippen LogP contribution in [0.4, 0.5) is 15.8 Å². The van der Waals surface area contributed by atoms with Crippen LogP contribution in [0, 0.1) is 5.82 Å². The van der Waals surface area contributed by atoms with Crippen molar-refractivity contribution >= 4 is 35.0 Å². The standard InChI is InChI=1S/C19H18ClFN2O2/c20-15-5-6-18(23-8-10-25-11-9-23)17(13-15)22-19(24)7-4-14-2-1-3-16(21)12-14/h1-7,12-13H,8-11H2,(H,22,24)/b7-4+. The first-order chi connectivity index (χ1) is 12.1. The molecule has 1 saturated heterocycles. The Morgan fingerprint density at radius 2 is 2.00 bits per heavy atom. The van der Waals surface area contributed by atoms with Crippen LogP contribution < -0.4 is 10.2 Å². The Morgan fingerprint density at radius 3 is 2.76 bits per heavy atom. The molecule has 0 saturated carbocycles. The minimum Gasteiger partial charge on any atom is -0.378 e. The first-order valence-corrected chi connectivity index (χ1v) is 8.36. The summed E-state index contributed by atoms with van der Waals surface area (Å²) in [4.78, 5) is 14.4. The van der Waals surface area contributed by atoms with Gasteiger partial charge in [-0.05, 0) is 42.0 Å². The van der Waals surface area contributed by atoms with Crippen LogP contribution >= 0.6 is 11.6 Å². The van der Waals surface area contributed by atoms with E-state index in [0.29, 0.717) is 29.5 Å². The Bertz CT molecular complexity index is 789. The first kappa shape index (κ1) is 17.5. The monoisotopic (exact) mass is 360 g/mol. The van der Waals surface area contributed by atoms with E-state index in [1.54, 1.807) is 30.3 Å². The Balaban J connectivity index is 1.75. The van der Waals surface area contributed by atoms with Gasteiger partial charge in [0.1, 0.15) is 5.82 Å². The normalized spacial score (nSPS) is 14.7. The summed E-state index contributed by atoms with van der Waals surface area (Å²) in [6.45, 7) is 2.80. The zero-order chi connectivity index (χ0) is 17.6. The van der Waals surface area contributed by atoms with Crippen molar-refractivity contribution in [2.75, 3.05) is 36.5 Å². The number of morpholine rings is 1. The molecule has 3 rings (SSSR count). The van der Waals surface area contributed by atoms with Gasteiger partial charge in [-0.3, -0.25) is 4.79 Å². The molecule has 0 radical (unpaired) electrons. The molecule has 1 heterocycles. The van der Waals surface area contributed by atoms with Crippen LogP contribution in [0.15, 0.2) is 48.5 Å². The fourth-order valence-electron chi connectivity index (χ4n) is 2.64. The lowest BCUT2D eigenvalue weighted by Crippen LogP contribution is -2.36. The number of nitrogens with zero attached hydrogens (tertiary/aromatic N) is 1. The lowest BCUT2D eigenvalue weighted by atomic mass is 10.2. The van der Waals surface area contributed by atoms with Crippen molar-refractivity contribution in [1.82, 2.24) is 0 Å². The second-order valence-electron chi connectivity index (χ2n) is 5.64. The highest BCUT2D eigenvalue weighted by Crippen LogP contribution is 2.30. The van der Waals surface area contributed by atoms with Gasteiger partial charge >= 0.3 is 0 Å². The largest absolute Gasteiger partial charge is 0.378 e. The predicted octanol–water partition coefficient (Wildman–Crippen LogP) is 3.97. The smallest absolute Gasteiger partial charge is 0.248 e. The fraction of sp³-hybridized carbons (Fsp3) is 0.211. The number of benzene rings is 2. The van der Waals surface area contributed by atoms with Crippen LogP contribution in [-0.4, -0.2) is 32.2 Å². The van der Waals surface area contributed by atoms with Gasteiger partial charge in [0.2, 0.25) is 5.91 Å². The van der Waals surface area contributed by atoms with Gasteiger partial charge < -0.3 is 15.0 Å². The molecule has 1 amide bonds. The zero-order valence-corrected chi connectivity index (χ0v) is 14.3. The summed E-state index contributed by atoms with van der Waals surface area (Å²) in [7, 11) is 0. The number of carbonyl (C=O) groups is 1. The summed E-state index contributed by atoms with van der Waals surface area (Å²) >= 11 is 6.08. The number of halogens is 2.